The van der Waals surface area contributed by atoms with Crippen molar-refractivity contribution in [3.05, 3.63) is 34.4 Å². The van der Waals surface area contributed by atoms with Gasteiger partial charge in [-0.3, -0.25) is 19.2 Å². The first-order valence-corrected chi connectivity index (χ1v) is 12.3. The Kier molecular flexibility index (Phi) is 10.3. The van der Waals surface area contributed by atoms with Gasteiger partial charge in [-0.15, -0.1) is 0 Å². The van der Waals surface area contributed by atoms with Gasteiger partial charge in [-0.05, 0) is 57.1 Å². The lowest BCUT2D eigenvalue weighted by molar-refractivity contribution is -0.151. The first kappa shape index (κ1) is 29.1. The first-order chi connectivity index (χ1) is 16.8. The van der Waals surface area contributed by atoms with Gasteiger partial charge in [0.15, 0.2) is 11.5 Å². The van der Waals surface area contributed by atoms with Crippen LogP contribution in [0, 0.1) is 12.8 Å². The van der Waals surface area contributed by atoms with Gasteiger partial charge in [-0.25, -0.2) is 0 Å². The molecule has 1 aliphatic rings. The zero-order chi connectivity index (χ0) is 27.2. The predicted octanol–water partition coefficient (Wildman–Crippen LogP) is 5.29. The van der Waals surface area contributed by atoms with Gasteiger partial charge < -0.3 is 18.9 Å². The van der Waals surface area contributed by atoms with Crippen molar-refractivity contribution in [2.24, 2.45) is 5.92 Å². The minimum atomic E-state index is -0.572. The number of carbonyl (C=O) groups excluding carboxylic acids is 4. The molecule has 1 aromatic carbocycles. The van der Waals surface area contributed by atoms with Crippen molar-refractivity contribution in [3.8, 4) is 11.5 Å². The molecule has 1 aliphatic carbocycles. The summed E-state index contributed by atoms with van der Waals surface area (Å²) >= 11 is 0. The number of allylic oxidation sites excluding steroid dienone is 2. The number of hydrogen-bond acceptors (Lipinski definition) is 8. The summed E-state index contributed by atoms with van der Waals surface area (Å²) in [4.78, 5) is 47.8. The third-order valence-corrected chi connectivity index (χ3v) is 6.26. The monoisotopic (exact) mass is 502 g/mol. The molecule has 8 nitrogen and oxygen atoms in total. The van der Waals surface area contributed by atoms with Crippen molar-refractivity contribution in [3.63, 3.8) is 0 Å². The van der Waals surface area contributed by atoms with Crippen molar-refractivity contribution in [1.82, 2.24) is 0 Å². The summed E-state index contributed by atoms with van der Waals surface area (Å²) in [6.45, 7) is 13.2. The summed E-state index contributed by atoms with van der Waals surface area (Å²) in [5.41, 5.74) is 3.30. The molecule has 1 aromatic rings. The van der Waals surface area contributed by atoms with Gasteiger partial charge in [0.1, 0.15) is 6.10 Å². The van der Waals surface area contributed by atoms with E-state index in [1.165, 1.54) is 33.3 Å². The van der Waals surface area contributed by atoms with Gasteiger partial charge in [0.05, 0.1) is 6.61 Å². The molecular formula is C28H38O8. The summed E-state index contributed by atoms with van der Waals surface area (Å²) < 4.78 is 22.3. The zero-order valence-corrected chi connectivity index (χ0v) is 22.6. The number of rotatable bonds is 9. The second-order valence-corrected chi connectivity index (χ2v) is 9.79. The molecule has 2 rings (SSSR count). The molecule has 0 fully saturated rings. The Balaban J connectivity index is 2.77. The summed E-state index contributed by atoms with van der Waals surface area (Å²) in [6.07, 6.45) is 3.76. The zero-order valence-electron chi connectivity index (χ0n) is 22.6. The summed E-state index contributed by atoms with van der Waals surface area (Å²) in [7, 11) is 0. The van der Waals surface area contributed by atoms with E-state index in [9.17, 15) is 19.2 Å². The standard InChI is InChI=1S/C28H38O8/c1-15(2)10-9-11-16(3)25-23-12-17(4)27(35-20(7)31)28(36-21(8)32)26(23)22(14-33-18(5)29)13-24(25)34-19(6)30/h10,12,16,22,24-25H,9,11,13-14H2,1-8H3/t16-,22-,24+,25-/m0/s1. The fourth-order valence-electron chi connectivity index (χ4n) is 4.96. The van der Waals surface area contributed by atoms with Gasteiger partial charge >= 0.3 is 23.9 Å². The lowest BCUT2D eigenvalue weighted by atomic mass is 9.68. The molecule has 0 aromatic heterocycles. The van der Waals surface area contributed by atoms with E-state index in [0.29, 0.717) is 17.5 Å². The Morgan fingerprint density at radius 1 is 0.944 bits per heavy atom. The minimum Gasteiger partial charge on any atom is -0.465 e. The van der Waals surface area contributed by atoms with Gasteiger partial charge in [0.2, 0.25) is 0 Å². The lowest BCUT2D eigenvalue weighted by Crippen LogP contribution is -2.37. The quantitative estimate of drug-likeness (QED) is 0.255. The Morgan fingerprint density at radius 2 is 1.56 bits per heavy atom. The largest absolute Gasteiger partial charge is 0.465 e. The van der Waals surface area contributed by atoms with Crippen LogP contribution < -0.4 is 9.47 Å². The Morgan fingerprint density at radius 3 is 2.08 bits per heavy atom. The third kappa shape index (κ3) is 7.67. The average molecular weight is 503 g/mol. The maximum Gasteiger partial charge on any atom is 0.308 e. The van der Waals surface area contributed by atoms with Crippen molar-refractivity contribution >= 4 is 23.9 Å². The Hall–Kier alpha value is -3.16. The van der Waals surface area contributed by atoms with E-state index in [0.717, 1.165) is 18.4 Å². The van der Waals surface area contributed by atoms with Crippen molar-refractivity contribution < 1.29 is 38.1 Å². The molecule has 0 N–H and O–H groups in total. The van der Waals surface area contributed by atoms with Crippen LogP contribution in [0.1, 0.15) is 96.3 Å². The maximum absolute atomic E-state index is 12.1. The number of carbonyl (C=O) groups is 4. The van der Waals surface area contributed by atoms with Crippen LogP contribution in [0.15, 0.2) is 17.7 Å². The molecule has 198 valence electrons. The second kappa shape index (κ2) is 12.7. The van der Waals surface area contributed by atoms with E-state index >= 15 is 0 Å². The topological polar surface area (TPSA) is 105 Å². The van der Waals surface area contributed by atoms with Crippen LogP contribution in [-0.2, 0) is 28.7 Å². The molecular weight excluding hydrogens is 464 g/mol. The number of aryl methyl sites for hydroxylation is 1. The van der Waals surface area contributed by atoms with E-state index < -0.39 is 35.9 Å². The highest BCUT2D eigenvalue weighted by Crippen LogP contribution is 2.52. The molecule has 8 heteroatoms. The molecule has 4 atom stereocenters. The molecule has 0 radical (unpaired) electrons. The minimum absolute atomic E-state index is 0.00416. The van der Waals surface area contributed by atoms with E-state index in [1.807, 2.05) is 19.9 Å². The predicted molar refractivity (Wildman–Crippen MR) is 134 cm³/mol. The molecule has 0 heterocycles. The van der Waals surface area contributed by atoms with Crippen LogP contribution in [0.4, 0.5) is 0 Å². The third-order valence-electron chi connectivity index (χ3n) is 6.26. The lowest BCUT2D eigenvalue weighted by Gasteiger charge is -2.41. The maximum atomic E-state index is 12.1. The van der Waals surface area contributed by atoms with Crippen molar-refractivity contribution in [2.45, 2.75) is 92.6 Å². The summed E-state index contributed by atoms with van der Waals surface area (Å²) in [6, 6.07) is 1.90. The number of hydrogen-bond donors (Lipinski definition) is 0. The average Bonchev–Trinajstić information content (AvgIpc) is 2.72. The molecule has 0 saturated heterocycles. The summed E-state index contributed by atoms with van der Waals surface area (Å²) in [5, 5.41) is 0. The molecule has 0 amide bonds. The molecule has 0 saturated carbocycles. The molecule has 36 heavy (non-hydrogen) atoms. The normalized spacial score (nSPS) is 19.4. The van der Waals surface area contributed by atoms with E-state index in [1.54, 1.807) is 6.92 Å². The van der Waals surface area contributed by atoms with Crippen LogP contribution in [0.2, 0.25) is 0 Å². The van der Waals surface area contributed by atoms with Gasteiger partial charge in [-0.1, -0.05) is 24.6 Å². The number of benzene rings is 1. The van der Waals surface area contributed by atoms with Crippen LogP contribution in [0.3, 0.4) is 0 Å². The van der Waals surface area contributed by atoms with Crippen LogP contribution >= 0.6 is 0 Å². The van der Waals surface area contributed by atoms with Crippen LogP contribution in [-0.4, -0.2) is 36.6 Å². The number of esters is 4. The molecule has 0 spiro atoms. The van der Waals surface area contributed by atoms with Crippen LogP contribution in [0.5, 0.6) is 11.5 Å². The highest BCUT2D eigenvalue weighted by Gasteiger charge is 2.43. The highest BCUT2D eigenvalue weighted by atomic mass is 16.6. The molecule has 0 unspecified atom stereocenters. The molecule has 0 aliphatic heterocycles. The number of fused-ring (bicyclic) bond motifs is 1. The fourth-order valence-corrected chi connectivity index (χ4v) is 4.96. The smallest absolute Gasteiger partial charge is 0.308 e. The van der Waals surface area contributed by atoms with Gasteiger partial charge in [0, 0.05) is 45.1 Å². The van der Waals surface area contributed by atoms with E-state index in [-0.39, 0.29) is 29.9 Å². The van der Waals surface area contributed by atoms with E-state index in [2.05, 4.69) is 13.0 Å². The van der Waals surface area contributed by atoms with Crippen LogP contribution in [0.25, 0.3) is 0 Å². The summed E-state index contributed by atoms with van der Waals surface area (Å²) in [5.74, 6) is -2.23. The second-order valence-electron chi connectivity index (χ2n) is 9.79. The Bertz CT molecular complexity index is 1030. The number of ether oxygens (including phenoxy) is 4. The highest BCUT2D eigenvalue weighted by molar-refractivity contribution is 5.76. The van der Waals surface area contributed by atoms with Gasteiger partial charge in [-0.2, -0.15) is 0 Å². The van der Waals surface area contributed by atoms with Crippen molar-refractivity contribution in [1.29, 1.82) is 0 Å². The van der Waals surface area contributed by atoms with Crippen molar-refractivity contribution in [2.75, 3.05) is 6.61 Å². The van der Waals surface area contributed by atoms with E-state index in [4.69, 9.17) is 18.9 Å². The SMILES string of the molecule is CC(=O)OC[C@@H]1C[C@@H](OC(C)=O)[C@@H]([C@@H](C)CCC=C(C)C)c2cc(C)c(OC(C)=O)c(OC(C)=O)c21. The Labute approximate surface area is 213 Å². The first-order valence-electron chi connectivity index (χ1n) is 12.3. The fraction of sp³-hybridized carbons (Fsp3) is 0.571. The molecule has 0 bridgehead atoms. The van der Waals surface area contributed by atoms with Gasteiger partial charge in [0.25, 0.3) is 0 Å².